The predicted octanol–water partition coefficient (Wildman–Crippen LogP) is 3.45. The molecule has 0 bridgehead atoms. The summed E-state index contributed by atoms with van der Waals surface area (Å²) in [5.41, 5.74) is 1.54. The Hall–Kier alpha value is -3.88. The van der Waals surface area contributed by atoms with Crippen LogP contribution in [0, 0.1) is 10.1 Å². The largest absolute Gasteiger partial charge is 0.486 e. The van der Waals surface area contributed by atoms with Crippen LogP contribution in [0.3, 0.4) is 0 Å². The van der Waals surface area contributed by atoms with Gasteiger partial charge in [0, 0.05) is 28.7 Å². The Bertz CT molecular complexity index is 1170. The molecule has 2 heterocycles. The maximum atomic E-state index is 12.6. The summed E-state index contributed by atoms with van der Waals surface area (Å²) >= 11 is 0. The average molecular weight is 410 g/mol. The number of aryl methyl sites for hydroxylation is 1. The van der Waals surface area contributed by atoms with Crippen LogP contribution in [0.4, 0.5) is 5.69 Å². The summed E-state index contributed by atoms with van der Waals surface area (Å²) in [5, 5.41) is 12.1. The summed E-state index contributed by atoms with van der Waals surface area (Å²) in [6, 6.07) is 7.97. The second-order valence-electron chi connectivity index (χ2n) is 6.67. The lowest BCUT2D eigenvalue weighted by Gasteiger charge is -2.18. The van der Waals surface area contributed by atoms with Gasteiger partial charge in [0.1, 0.15) is 18.8 Å². The maximum Gasteiger partial charge on any atom is 0.345 e. The van der Waals surface area contributed by atoms with Crippen LogP contribution in [0.2, 0.25) is 0 Å². The van der Waals surface area contributed by atoms with E-state index in [1.54, 1.807) is 6.20 Å². The normalized spacial score (nSPS) is 12.6. The third-order valence-corrected chi connectivity index (χ3v) is 4.89. The first-order valence-corrected chi connectivity index (χ1v) is 9.37. The Morgan fingerprint density at radius 1 is 1.17 bits per heavy atom. The standard InChI is InChI=1S/C21H18N2O7/c1-2-12-4-3-5-13-15(10-22-20(12)13)17(24)11-30-21(25)14-8-18-19(29-7-6-28-18)9-16(14)23(26)27/h3-5,8-10,22H,2,6-7,11H2,1H3. The van der Waals surface area contributed by atoms with E-state index in [0.717, 1.165) is 29.0 Å². The molecule has 0 unspecified atom stereocenters. The summed E-state index contributed by atoms with van der Waals surface area (Å²) in [6.45, 7) is 1.98. The van der Waals surface area contributed by atoms with Crippen molar-refractivity contribution in [3.63, 3.8) is 0 Å². The number of aromatic nitrogens is 1. The lowest BCUT2D eigenvalue weighted by atomic mass is 10.1. The number of nitrogens with zero attached hydrogens (tertiary/aromatic N) is 1. The fraction of sp³-hybridized carbons (Fsp3) is 0.238. The summed E-state index contributed by atoms with van der Waals surface area (Å²) in [5.74, 6) is -0.996. The zero-order valence-corrected chi connectivity index (χ0v) is 16.1. The minimum absolute atomic E-state index is 0.186. The number of H-pyrrole nitrogens is 1. The second kappa shape index (κ2) is 7.86. The van der Waals surface area contributed by atoms with Crippen molar-refractivity contribution in [3.05, 3.63) is 63.3 Å². The number of nitro groups is 1. The fourth-order valence-corrected chi connectivity index (χ4v) is 3.42. The minimum Gasteiger partial charge on any atom is -0.486 e. The lowest BCUT2D eigenvalue weighted by Crippen LogP contribution is -2.18. The Balaban J connectivity index is 1.55. The molecule has 3 aromatic rings. The number of benzene rings is 2. The van der Waals surface area contributed by atoms with E-state index in [-0.39, 0.29) is 30.3 Å². The van der Waals surface area contributed by atoms with Gasteiger partial charge in [0.05, 0.1) is 11.0 Å². The molecule has 0 spiro atoms. The van der Waals surface area contributed by atoms with Gasteiger partial charge in [0.2, 0.25) is 5.78 Å². The highest BCUT2D eigenvalue weighted by atomic mass is 16.6. The van der Waals surface area contributed by atoms with Gasteiger partial charge < -0.3 is 19.2 Å². The van der Waals surface area contributed by atoms with Crippen LogP contribution in [-0.4, -0.2) is 41.5 Å². The monoisotopic (exact) mass is 410 g/mol. The van der Waals surface area contributed by atoms with Crippen LogP contribution in [0.15, 0.2) is 36.5 Å². The number of ketones is 1. The first-order valence-electron chi connectivity index (χ1n) is 9.37. The summed E-state index contributed by atoms with van der Waals surface area (Å²) < 4.78 is 15.8. The van der Waals surface area contributed by atoms with E-state index in [2.05, 4.69) is 4.98 Å². The number of Topliss-reactive ketones (excluding diaryl/α,β-unsaturated/α-hetero) is 1. The number of hydrogen-bond acceptors (Lipinski definition) is 7. The number of rotatable bonds is 6. The number of esters is 1. The molecule has 1 aromatic heterocycles. The highest BCUT2D eigenvalue weighted by Gasteiger charge is 2.28. The molecular formula is C21H18N2O7. The van der Waals surface area contributed by atoms with Gasteiger partial charge in [-0.05, 0) is 12.0 Å². The quantitative estimate of drug-likeness (QED) is 0.286. The molecule has 1 aliphatic rings. The van der Waals surface area contributed by atoms with Crippen molar-refractivity contribution in [3.8, 4) is 11.5 Å². The topological polar surface area (TPSA) is 121 Å². The van der Waals surface area contributed by atoms with Crippen LogP contribution < -0.4 is 9.47 Å². The van der Waals surface area contributed by atoms with Crippen molar-refractivity contribution in [2.75, 3.05) is 19.8 Å². The number of nitrogens with one attached hydrogen (secondary N) is 1. The van der Waals surface area contributed by atoms with Gasteiger partial charge in [-0.3, -0.25) is 14.9 Å². The zero-order valence-electron chi connectivity index (χ0n) is 16.1. The third-order valence-electron chi connectivity index (χ3n) is 4.89. The average Bonchev–Trinajstić information content (AvgIpc) is 3.20. The number of para-hydroxylation sites is 1. The maximum absolute atomic E-state index is 12.6. The molecule has 9 nitrogen and oxygen atoms in total. The van der Waals surface area contributed by atoms with Gasteiger partial charge >= 0.3 is 5.97 Å². The minimum atomic E-state index is -0.985. The second-order valence-corrected chi connectivity index (χ2v) is 6.67. The van der Waals surface area contributed by atoms with Crippen molar-refractivity contribution in [2.45, 2.75) is 13.3 Å². The Labute approximate surface area is 170 Å². The first kappa shape index (κ1) is 19.4. The SMILES string of the molecule is CCc1cccc2c(C(=O)COC(=O)c3cc4c(cc3[N+](=O)[O-])OCCO4)c[nH]c12. The molecule has 0 amide bonds. The van der Waals surface area contributed by atoms with Crippen molar-refractivity contribution >= 4 is 28.3 Å². The smallest absolute Gasteiger partial charge is 0.345 e. The van der Waals surface area contributed by atoms with E-state index < -0.39 is 29.0 Å². The van der Waals surface area contributed by atoms with Gasteiger partial charge in [0.15, 0.2) is 18.1 Å². The number of carbonyl (C=O) groups excluding carboxylic acids is 2. The van der Waals surface area contributed by atoms with Gasteiger partial charge in [-0.1, -0.05) is 25.1 Å². The highest BCUT2D eigenvalue weighted by Crippen LogP contribution is 2.37. The molecule has 0 saturated heterocycles. The number of ether oxygens (including phenoxy) is 3. The van der Waals surface area contributed by atoms with Crippen molar-refractivity contribution in [1.82, 2.24) is 4.98 Å². The predicted molar refractivity (Wildman–Crippen MR) is 106 cm³/mol. The van der Waals surface area contributed by atoms with E-state index in [0.29, 0.717) is 5.56 Å². The molecule has 0 atom stereocenters. The third kappa shape index (κ3) is 3.45. The van der Waals surface area contributed by atoms with Gasteiger partial charge in [-0.25, -0.2) is 4.79 Å². The molecule has 0 radical (unpaired) electrons. The molecule has 0 saturated carbocycles. The van der Waals surface area contributed by atoms with E-state index in [1.165, 1.54) is 6.07 Å². The molecule has 1 N–H and O–H groups in total. The fourth-order valence-electron chi connectivity index (χ4n) is 3.42. The first-order chi connectivity index (χ1) is 14.5. The molecule has 9 heteroatoms. The van der Waals surface area contributed by atoms with E-state index in [1.807, 2.05) is 25.1 Å². The van der Waals surface area contributed by atoms with Crippen molar-refractivity contribution < 1.29 is 28.7 Å². The lowest BCUT2D eigenvalue weighted by molar-refractivity contribution is -0.385. The van der Waals surface area contributed by atoms with E-state index in [4.69, 9.17) is 14.2 Å². The van der Waals surface area contributed by atoms with Gasteiger partial charge in [-0.15, -0.1) is 0 Å². The van der Waals surface area contributed by atoms with Crippen LogP contribution in [0.1, 0.15) is 33.2 Å². The van der Waals surface area contributed by atoms with Crippen molar-refractivity contribution in [2.24, 2.45) is 0 Å². The molecule has 0 fully saturated rings. The molecule has 4 rings (SSSR count). The summed E-state index contributed by atoms with van der Waals surface area (Å²) in [4.78, 5) is 38.9. The number of fused-ring (bicyclic) bond motifs is 2. The van der Waals surface area contributed by atoms with Crippen LogP contribution in [0.5, 0.6) is 11.5 Å². The number of carbonyl (C=O) groups is 2. The van der Waals surface area contributed by atoms with Crippen LogP contribution in [-0.2, 0) is 11.2 Å². The molecule has 2 aromatic carbocycles. The van der Waals surface area contributed by atoms with Gasteiger partial charge in [-0.2, -0.15) is 0 Å². The van der Waals surface area contributed by atoms with Crippen LogP contribution in [0.25, 0.3) is 10.9 Å². The molecule has 30 heavy (non-hydrogen) atoms. The molecule has 1 aliphatic heterocycles. The van der Waals surface area contributed by atoms with E-state index >= 15 is 0 Å². The number of aromatic amines is 1. The Morgan fingerprint density at radius 2 is 1.90 bits per heavy atom. The molecule has 154 valence electrons. The molecule has 0 aliphatic carbocycles. The Kier molecular flexibility index (Phi) is 5.09. The summed E-state index contributed by atoms with van der Waals surface area (Å²) in [7, 11) is 0. The molecular weight excluding hydrogens is 392 g/mol. The van der Waals surface area contributed by atoms with Crippen molar-refractivity contribution in [1.29, 1.82) is 0 Å². The zero-order chi connectivity index (χ0) is 21.3. The summed E-state index contributed by atoms with van der Waals surface area (Å²) in [6.07, 6.45) is 2.38. The number of hydrogen-bond donors (Lipinski definition) is 1. The Morgan fingerprint density at radius 3 is 2.60 bits per heavy atom. The van der Waals surface area contributed by atoms with E-state index in [9.17, 15) is 19.7 Å². The number of nitro benzene ring substituents is 1. The van der Waals surface area contributed by atoms with Gasteiger partial charge in [0.25, 0.3) is 5.69 Å². The highest BCUT2D eigenvalue weighted by molar-refractivity contribution is 6.09. The van der Waals surface area contributed by atoms with Crippen LogP contribution >= 0.6 is 0 Å².